The molecule has 2 fully saturated rings. The number of hydrogen-bond acceptors (Lipinski definition) is 4. The van der Waals surface area contributed by atoms with Crippen molar-refractivity contribution in [2.75, 3.05) is 18.0 Å². The zero-order chi connectivity index (χ0) is 10.5. The van der Waals surface area contributed by atoms with Gasteiger partial charge in [0.25, 0.3) is 0 Å². The number of rotatable bonds is 1. The van der Waals surface area contributed by atoms with Crippen LogP contribution in [-0.2, 0) is 0 Å². The van der Waals surface area contributed by atoms with Crippen LogP contribution in [0.25, 0.3) is 10.2 Å². The smallest absolute Gasteiger partial charge is 0.0940 e. The van der Waals surface area contributed by atoms with Crippen LogP contribution in [0.4, 0.5) is 5.00 Å². The molecule has 3 nitrogen and oxygen atoms in total. The molecule has 4 heteroatoms. The summed E-state index contributed by atoms with van der Waals surface area (Å²) in [7, 11) is 0. The minimum absolute atomic E-state index is 0.707. The SMILES string of the molecule is c1cnc2cc(N3CC4CC3CN4)sc2c1. The van der Waals surface area contributed by atoms with Crippen LogP contribution in [0.2, 0.25) is 0 Å². The van der Waals surface area contributed by atoms with Crippen LogP contribution in [0.5, 0.6) is 0 Å². The number of piperazine rings is 1. The Hall–Kier alpha value is -1.13. The summed E-state index contributed by atoms with van der Waals surface area (Å²) in [5, 5.41) is 4.93. The number of hydrogen-bond donors (Lipinski definition) is 1. The molecule has 2 aliphatic rings. The Morgan fingerprint density at radius 3 is 3.25 bits per heavy atom. The van der Waals surface area contributed by atoms with E-state index in [9.17, 15) is 0 Å². The Kier molecular flexibility index (Phi) is 1.78. The highest BCUT2D eigenvalue weighted by atomic mass is 32.1. The van der Waals surface area contributed by atoms with E-state index in [0.717, 1.165) is 18.6 Å². The van der Waals surface area contributed by atoms with E-state index in [1.165, 1.54) is 16.1 Å². The normalized spacial score (nSPS) is 28.1. The summed E-state index contributed by atoms with van der Waals surface area (Å²) in [4.78, 5) is 6.95. The zero-order valence-electron chi connectivity index (χ0n) is 8.89. The first kappa shape index (κ1) is 8.96. The van der Waals surface area contributed by atoms with E-state index in [2.05, 4.69) is 27.3 Å². The van der Waals surface area contributed by atoms with E-state index in [1.807, 2.05) is 23.6 Å². The first-order valence-corrected chi connectivity index (χ1v) is 6.56. The summed E-state index contributed by atoms with van der Waals surface area (Å²) < 4.78 is 1.30. The third-order valence-corrected chi connectivity index (χ3v) is 4.74. The van der Waals surface area contributed by atoms with Crippen molar-refractivity contribution in [3.05, 3.63) is 24.4 Å². The first-order chi connectivity index (χ1) is 7.90. The standard InChI is InChI=1S/C12H13N3S/c1-2-11-10(13-3-1)5-12(16-11)15-7-8-4-9(15)6-14-8/h1-3,5,8-9,14H,4,6-7H2. The number of anilines is 1. The molecule has 0 aliphatic carbocycles. The van der Waals surface area contributed by atoms with Gasteiger partial charge in [-0.15, -0.1) is 11.3 Å². The Bertz CT molecular complexity index is 503. The van der Waals surface area contributed by atoms with Gasteiger partial charge in [0.05, 0.1) is 15.2 Å². The zero-order valence-corrected chi connectivity index (χ0v) is 9.70. The monoisotopic (exact) mass is 231 g/mol. The Morgan fingerprint density at radius 1 is 1.50 bits per heavy atom. The molecule has 0 spiro atoms. The molecule has 2 bridgehead atoms. The van der Waals surface area contributed by atoms with Gasteiger partial charge in [-0.1, -0.05) is 0 Å². The molecule has 0 saturated carbocycles. The molecule has 2 aromatic heterocycles. The fourth-order valence-electron chi connectivity index (χ4n) is 2.83. The van der Waals surface area contributed by atoms with Gasteiger partial charge < -0.3 is 10.2 Å². The number of thiophene rings is 1. The van der Waals surface area contributed by atoms with Crippen LogP contribution in [0, 0.1) is 0 Å². The maximum absolute atomic E-state index is 4.40. The van der Waals surface area contributed by atoms with Crippen molar-refractivity contribution in [3.63, 3.8) is 0 Å². The minimum atomic E-state index is 0.707. The molecule has 0 radical (unpaired) electrons. The molecule has 2 unspecified atom stereocenters. The Balaban J connectivity index is 1.76. The summed E-state index contributed by atoms with van der Waals surface area (Å²) in [6.07, 6.45) is 3.18. The number of aromatic nitrogens is 1. The van der Waals surface area contributed by atoms with Crippen molar-refractivity contribution in [2.45, 2.75) is 18.5 Å². The predicted molar refractivity (Wildman–Crippen MR) is 67.2 cm³/mol. The van der Waals surface area contributed by atoms with E-state index in [-0.39, 0.29) is 0 Å². The van der Waals surface area contributed by atoms with Gasteiger partial charge in [0.1, 0.15) is 0 Å². The van der Waals surface area contributed by atoms with Crippen molar-refractivity contribution >= 4 is 26.6 Å². The van der Waals surface area contributed by atoms with Gasteiger partial charge >= 0.3 is 0 Å². The van der Waals surface area contributed by atoms with E-state index < -0.39 is 0 Å². The van der Waals surface area contributed by atoms with Crippen LogP contribution in [0.1, 0.15) is 6.42 Å². The average Bonchev–Trinajstić information content (AvgIpc) is 3.02. The van der Waals surface area contributed by atoms with Gasteiger partial charge in [-0.3, -0.25) is 4.98 Å². The maximum atomic E-state index is 4.40. The third-order valence-electron chi connectivity index (χ3n) is 3.61. The van der Waals surface area contributed by atoms with Gasteiger partial charge in [-0.2, -0.15) is 0 Å². The van der Waals surface area contributed by atoms with Gasteiger partial charge in [0, 0.05) is 31.4 Å². The van der Waals surface area contributed by atoms with Crippen LogP contribution in [0.3, 0.4) is 0 Å². The van der Waals surface area contributed by atoms with Crippen molar-refractivity contribution in [2.24, 2.45) is 0 Å². The molecule has 16 heavy (non-hydrogen) atoms. The maximum Gasteiger partial charge on any atom is 0.0940 e. The van der Waals surface area contributed by atoms with Crippen LogP contribution in [-0.4, -0.2) is 30.2 Å². The molecule has 4 heterocycles. The van der Waals surface area contributed by atoms with E-state index >= 15 is 0 Å². The number of fused-ring (bicyclic) bond motifs is 3. The fourth-order valence-corrected chi connectivity index (χ4v) is 3.93. The highest BCUT2D eigenvalue weighted by molar-refractivity contribution is 7.22. The lowest BCUT2D eigenvalue weighted by Gasteiger charge is -2.27. The predicted octanol–water partition coefficient (Wildman–Crippen LogP) is 1.85. The van der Waals surface area contributed by atoms with E-state index in [1.54, 1.807) is 0 Å². The van der Waals surface area contributed by atoms with Gasteiger partial charge in [0.15, 0.2) is 0 Å². The molecule has 2 aliphatic heterocycles. The van der Waals surface area contributed by atoms with Crippen molar-refractivity contribution in [3.8, 4) is 0 Å². The van der Waals surface area contributed by atoms with Crippen LogP contribution >= 0.6 is 11.3 Å². The highest BCUT2D eigenvalue weighted by Gasteiger charge is 2.38. The van der Waals surface area contributed by atoms with Gasteiger partial charge in [0.2, 0.25) is 0 Å². The van der Waals surface area contributed by atoms with Crippen LogP contribution in [0.15, 0.2) is 24.4 Å². The van der Waals surface area contributed by atoms with E-state index in [0.29, 0.717) is 12.1 Å². The van der Waals surface area contributed by atoms with E-state index in [4.69, 9.17) is 0 Å². The van der Waals surface area contributed by atoms with Gasteiger partial charge in [-0.05, 0) is 24.6 Å². The Morgan fingerprint density at radius 2 is 2.50 bits per heavy atom. The number of pyridine rings is 1. The van der Waals surface area contributed by atoms with Crippen molar-refractivity contribution < 1.29 is 0 Å². The second-order valence-corrected chi connectivity index (χ2v) is 5.68. The third kappa shape index (κ3) is 1.20. The average molecular weight is 231 g/mol. The lowest BCUT2D eigenvalue weighted by molar-refractivity contribution is 0.582. The molecule has 82 valence electrons. The quantitative estimate of drug-likeness (QED) is 0.812. The second kappa shape index (κ2) is 3.18. The molecule has 2 atom stereocenters. The largest absolute Gasteiger partial charge is 0.357 e. The first-order valence-electron chi connectivity index (χ1n) is 5.75. The van der Waals surface area contributed by atoms with Crippen molar-refractivity contribution in [1.29, 1.82) is 0 Å². The number of nitrogens with one attached hydrogen (secondary N) is 1. The lowest BCUT2D eigenvalue weighted by atomic mass is 10.2. The summed E-state index contributed by atoms with van der Waals surface area (Å²) >= 11 is 1.87. The van der Waals surface area contributed by atoms with Crippen molar-refractivity contribution in [1.82, 2.24) is 10.3 Å². The summed E-state index contributed by atoms with van der Waals surface area (Å²) in [6, 6.07) is 7.82. The highest BCUT2D eigenvalue weighted by Crippen LogP contribution is 2.36. The summed E-state index contributed by atoms with van der Waals surface area (Å²) in [5.41, 5.74) is 1.14. The lowest BCUT2D eigenvalue weighted by Crippen LogP contribution is -2.43. The molecular formula is C12H13N3S. The molecule has 0 amide bonds. The summed E-state index contributed by atoms with van der Waals surface area (Å²) in [5.74, 6) is 0. The van der Waals surface area contributed by atoms with Gasteiger partial charge in [-0.25, -0.2) is 0 Å². The summed E-state index contributed by atoms with van der Waals surface area (Å²) in [6.45, 7) is 2.31. The molecule has 1 N–H and O–H groups in total. The molecule has 2 aromatic rings. The van der Waals surface area contributed by atoms with Crippen LogP contribution < -0.4 is 10.2 Å². The topological polar surface area (TPSA) is 28.2 Å². The second-order valence-electron chi connectivity index (χ2n) is 4.62. The molecule has 4 rings (SSSR count). The molecule has 2 saturated heterocycles. The fraction of sp³-hybridized carbons (Fsp3) is 0.417. The number of nitrogens with zero attached hydrogens (tertiary/aromatic N) is 2. The molecule has 0 aromatic carbocycles. The minimum Gasteiger partial charge on any atom is -0.357 e. The Labute approximate surface area is 98.1 Å². The molecular weight excluding hydrogens is 218 g/mol.